The fourth-order valence-electron chi connectivity index (χ4n) is 2.49. The van der Waals surface area contributed by atoms with Gasteiger partial charge in [-0.1, -0.05) is 0 Å². The summed E-state index contributed by atoms with van der Waals surface area (Å²) >= 11 is 5.67. The monoisotopic (exact) mass is 239 g/mol. The smallest absolute Gasteiger partial charge is 0.341 e. The summed E-state index contributed by atoms with van der Waals surface area (Å²) < 4.78 is 0. The summed E-state index contributed by atoms with van der Waals surface area (Å²) in [5.74, 6) is 0.120. The molecule has 0 amide bonds. The lowest BCUT2D eigenvalue weighted by Crippen LogP contribution is -2.63. The summed E-state index contributed by atoms with van der Waals surface area (Å²) in [5.41, 5.74) is 0.154. The third-order valence-electron chi connectivity index (χ3n) is 3.41. The van der Waals surface area contributed by atoms with Gasteiger partial charge >= 0.3 is 5.97 Å². The van der Waals surface area contributed by atoms with Gasteiger partial charge < -0.3 is 10.4 Å². The molecule has 1 aromatic heterocycles. The van der Waals surface area contributed by atoms with Crippen molar-refractivity contribution in [3.8, 4) is 0 Å². The molecule has 4 rings (SSSR count). The molecule has 0 atom stereocenters. The lowest BCUT2D eigenvalue weighted by molar-refractivity contribution is 0.00172. The molecule has 6 heteroatoms. The third kappa shape index (κ3) is 1.35. The number of rotatable bonds is 3. The van der Waals surface area contributed by atoms with E-state index in [0.29, 0.717) is 5.82 Å². The molecule has 1 heterocycles. The van der Waals surface area contributed by atoms with Crippen molar-refractivity contribution in [1.82, 2.24) is 9.97 Å². The average Bonchev–Trinajstić information content (AvgIpc) is 2.09. The van der Waals surface area contributed by atoms with Crippen LogP contribution in [0.3, 0.4) is 0 Å². The van der Waals surface area contributed by atoms with Gasteiger partial charge in [0.25, 0.3) is 0 Å². The van der Waals surface area contributed by atoms with Gasteiger partial charge in [0, 0.05) is 11.7 Å². The molecule has 1 aromatic rings. The second-order valence-corrected chi connectivity index (χ2v) is 4.93. The Balaban J connectivity index is 1.91. The summed E-state index contributed by atoms with van der Waals surface area (Å²) in [5, 5.41) is 12.3. The number of hydrogen-bond acceptors (Lipinski definition) is 4. The van der Waals surface area contributed by atoms with E-state index in [1.165, 1.54) is 6.20 Å². The minimum absolute atomic E-state index is 0.0686. The zero-order valence-electron chi connectivity index (χ0n) is 8.40. The Bertz CT molecular complexity index is 460. The van der Waals surface area contributed by atoms with Crippen LogP contribution >= 0.6 is 11.6 Å². The minimum Gasteiger partial charge on any atom is -0.477 e. The number of carbonyl (C=O) groups is 1. The fraction of sp³-hybridized carbons (Fsp3) is 0.500. The first-order chi connectivity index (χ1) is 7.58. The Kier molecular flexibility index (Phi) is 1.89. The van der Waals surface area contributed by atoms with Gasteiger partial charge in [-0.25, -0.2) is 9.78 Å². The molecule has 2 N–H and O–H groups in total. The average molecular weight is 240 g/mol. The summed E-state index contributed by atoms with van der Waals surface area (Å²) in [6, 6.07) is 0. The lowest BCUT2D eigenvalue weighted by Gasteiger charge is -2.62. The number of carboxylic acid groups (broad SMARTS) is 1. The first kappa shape index (κ1) is 9.84. The van der Waals surface area contributed by atoms with Crippen LogP contribution in [0, 0.1) is 5.92 Å². The second-order valence-electron chi connectivity index (χ2n) is 4.59. The highest BCUT2D eigenvalue weighted by Gasteiger charge is 2.57. The van der Waals surface area contributed by atoms with E-state index in [4.69, 9.17) is 16.7 Å². The number of nitrogens with one attached hydrogen (secondary N) is 1. The molecule has 0 spiro atoms. The molecule has 0 aliphatic heterocycles. The normalized spacial score (nSPS) is 30.2. The van der Waals surface area contributed by atoms with Gasteiger partial charge in [0.2, 0.25) is 5.28 Å². The number of nitrogens with zero attached hydrogens (tertiary/aromatic N) is 2. The van der Waals surface area contributed by atoms with Crippen molar-refractivity contribution in [2.45, 2.75) is 24.8 Å². The van der Waals surface area contributed by atoms with Crippen molar-refractivity contribution in [2.75, 3.05) is 5.32 Å². The van der Waals surface area contributed by atoms with E-state index in [1.54, 1.807) is 0 Å². The van der Waals surface area contributed by atoms with Crippen LogP contribution in [0.15, 0.2) is 6.20 Å². The van der Waals surface area contributed by atoms with E-state index in [2.05, 4.69) is 15.3 Å². The third-order valence-corrected chi connectivity index (χ3v) is 3.59. The van der Waals surface area contributed by atoms with Gasteiger partial charge in [0.1, 0.15) is 11.4 Å². The van der Waals surface area contributed by atoms with Crippen LogP contribution in [-0.4, -0.2) is 26.6 Å². The summed E-state index contributed by atoms with van der Waals surface area (Å²) in [6.45, 7) is 0. The van der Waals surface area contributed by atoms with Crippen LogP contribution < -0.4 is 5.32 Å². The van der Waals surface area contributed by atoms with Gasteiger partial charge in [-0.2, -0.15) is 4.98 Å². The Labute approximate surface area is 96.9 Å². The highest BCUT2D eigenvalue weighted by Crippen LogP contribution is 2.58. The van der Waals surface area contributed by atoms with E-state index in [0.717, 1.165) is 25.2 Å². The standard InChI is InChI=1S/C10H10ClN3O2/c11-9-12-4-6(8(15)16)7(13-9)14-10-1-5(2-10)3-10/h4-5H,1-3H2,(H,15,16)(H,12,13,14). The van der Waals surface area contributed by atoms with E-state index in [9.17, 15) is 4.79 Å². The predicted octanol–water partition coefficient (Wildman–Crippen LogP) is 1.79. The van der Waals surface area contributed by atoms with Crippen LogP contribution in [0.1, 0.15) is 29.6 Å². The second kappa shape index (κ2) is 3.07. The number of aromatic nitrogens is 2. The van der Waals surface area contributed by atoms with Gasteiger partial charge in [-0.15, -0.1) is 0 Å². The maximum atomic E-state index is 11.0. The number of aromatic carboxylic acids is 1. The zero-order chi connectivity index (χ0) is 11.3. The molecule has 84 valence electrons. The van der Waals surface area contributed by atoms with E-state index in [1.807, 2.05) is 0 Å². The number of anilines is 1. The number of halogens is 1. The Hall–Kier alpha value is -1.36. The maximum absolute atomic E-state index is 11.0. The molecule has 16 heavy (non-hydrogen) atoms. The van der Waals surface area contributed by atoms with Crippen LogP contribution in [0.2, 0.25) is 5.28 Å². The van der Waals surface area contributed by atoms with Gasteiger partial charge in [0.15, 0.2) is 0 Å². The lowest BCUT2D eigenvalue weighted by atomic mass is 9.50. The van der Waals surface area contributed by atoms with E-state index >= 15 is 0 Å². The fourth-order valence-corrected chi connectivity index (χ4v) is 2.63. The first-order valence-corrected chi connectivity index (χ1v) is 5.50. The predicted molar refractivity (Wildman–Crippen MR) is 57.7 cm³/mol. The molecule has 5 nitrogen and oxygen atoms in total. The van der Waals surface area contributed by atoms with Crippen molar-refractivity contribution < 1.29 is 9.90 Å². The van der Waals surface area contributed by atoms with Crippen LogP contribution in [-0.2, 0) is 0 Å². The number of carboxylic acids is 1. The van der Waals surface area contributed by atoms with Crippen molar-refractivity contribution in [3.63, 3.8) is 0 Å². The Morgan fingerprint density at radius 3 is 2.75 bits per heavy atom. The van der Waals surface area contributed by atoms with Crippen molar-refractivity contribution >= 4 is 23.4 Å². The summed E-state index contributed by atoms with van der Waals surface area (Å²) in [4.78, 5) is 18.6. The largest absolute Gasteiger partial charge is 0.477 e. The zero-order valence-corrected chi connectivity index (χ0v) is 9.16. The topological polar surface area (TPSA) is 75.1 Å². The molecule has 3 aliphatic carbocycles. The van der Waals surface area contributed by atoms with Gasteiger partial charge in [-0.05, 0) is 36.8 Å². The van der Waals surface area contributed by atoms with Crippen molar-refractivity contribution in [1.29, 1.82) is 0 Å². The maximum Gasteiger partial charge on any atom is 0.341 e. The van der Waals surface area contributed by atoms with Gasteiger partial charge in [-0.3, -0.25) is 0 Å². The molecule has 3 saturated carbocycles. The Morgan fingerprint density at radius 1 is 1.56 bits per heavy atom. The quantitative estimate of drug-likeness (QED) is 0.787. The molecule has 3 fully saturated rings. The minimum atomic E-state index is -1.04. The first-order valence-electron chi connectivity index (χ1n) is 5.12. The number of hydrogen-bond donors (Lipinski definition) is 2. The molecule has 0 aromatic carbocycles. The van der Waals surface area contributed by atoms with Crippen LogP contribution in [0.4, 0.5) is 5.82 Å². The SMILES string of the molecule is O=C(O)c1cnc(Cl)nc1NC12CC(C1)C2. The van der Waals surface area contributed by atoms with Gasteiger partial charge in [0.05, 0.1) is 0 Å². The summed E-state index contributed by atoms with van der Waals surface area (Å²) in [6.07, 6.45) is 4.56. The Morgan fingerprint density at radius 2 is 2.25 bits per heavy atom. The highest BCUT2D eigenvalue weighted by atomic mass is 35.5. The van der Waals surface area contributed by atoms with Crippen LogP contribution in [0.5, 0.6) is 0 Å². The molecule has 3 aliphatic rings. The van der Waals surface area contributed by atoms with Crippen molar-refractivity contribution in [2.24, 2.45) is 5.92 Å². The molecule has 2 bridgehead atoms. The molecule has 0 unspecified atom stereocenters. The van der Waals surface area contributed by atoms with E-state index < -0.39 is 5.97 Å². The highest BCUT2D eigenvalue weighted by molar-refractivity contribution is 6.28. The van der Waals surface area contributed by atoms with Crippen LogP contribution in [0.25, 0.3) is 0 Å². The molecule has 0 saturated heterocycles. The van der Waals surface area contributed by atoms with Crippen molar-refractivity contribution in [3.05, 3.63) is 17.0 Å². The summed E-state index contributed by atoms with van der Waals surface area (Å²) in [7, 11) is 0. The molecular formula is C10H10ClN3O2. The molecular weight excluding hydrogens is 230 g/mol. The van der Waals surface area contributed by atoms with E-state index in [-0.39, 0.29) is 16.4 Å². The molecule has 0 radical (unpaired) electrons.